The van der Waals surface area contributed by atoms with Crippen molar-refractivity contribution < 1.29 is 27.5 Å². The van der Waals surface area contributed by atoms with Crippen molar-refractivity contribution in [3.63, 3.8) is 0 Å². The summed E-state index contributed by atoms with van der Waals surface area (Å²) < 4.78 is 27.8. The number of fused-ring (bicyclic) bond motifs is 1. The second-order valence-electron chi connectivity index (χ2n) is 7.46. The van der Waals surface area contributed by atoms with Crippen LogP contribution in [-0.4, -0.2) is 39.4 Å². The fraction of sp³-hybridized carbons (Fsp3) is 0.381. The number of rotatable bonds is 8. The van der Waals surface area contributed by atoms with E-state index in [4.69, 9.17) is 9.88 Å². The standard InChI is InChI=1S/C21H25N3O6S2/c1-13(25)24-20-19(16-4-2-3-5-17(16)31-20)21(27)30-12-18(26)23-11-10-14-6-8-15(9-7-14)32(22,28)29/h6-9H,2-5,10-12H2,1H3,(H,23,26)(H,24,25)(H2,22,28,29). The number of anilines is 1. The van der Waals surface area contributed by atoms with E-state index in [9.17, 15) is 22.8 Å². The normalized spacial score (nSPS) is 13.2. The molecule has 32 heavy (non-hydrogen) atoms. The van der Waals surface area contributed by atoms with E-state index in [1.54, 1.807) is 12.1 Å². The maximum Gasteiger partial charge on any atom is 0.341 e. The number of amides is 2. The molecule has 0 radical (unpaired) electrons. The van der Waals surface area contributed by atoms with Gasteiger partial charge in [0.1, 0.15) is 5.00 Å². The number of hydrogen-bond donors (Lipinski definition) is 3. The number of nitrogens with one attached hydrogen (secondary N) is 2. The Balaban J connectivity index is 1.52. The zero-order chi connectivity index (χ0) is 23.3. The molecule has 0 saturated carbocycles. The van der Waals surface area contributed by atoms with E-state index >= 15 is 0 Å². The second kappa shape index (κ2) is 10.2. The van der Waals surface area contributed by atoms with Gasteiger partial charge in [0, 0.05) is 18.3 Å². The first-order chi connectivity index (χ1) is 15.1. The van der Waals surface area contributed by atoms with Gasteiger partial charge >= 0.3 is 5.97 Å². The average molecular weight is 480 g/mol. The number of sulfonamides is 1. The fourth-order valence-corrected chi connectivity index (χ4v) is 5.32. The van der Waals surface area contributed by atoms with E-state index in [2.05, 4.69) is 10.6 Å². The number of carbonyl (C=O) groups is 3. The van der Waals surface area contributed by atoms with Crippen LogP contribution in [-0.2, 0) is 43.6 Å². The summed E-state index contributed by atoms with van der Waals surface area (Å²) in [6, 6.07) is 6.05. The molecule has 2 aromatic rings. The molecule has 0 aliphatic heterocycles. The maximum atomic E-state index is 12.7. The lowest BCUT2D eigenvalue weighted by atomic mass is 9.95. The molecule has 0 saturated heterocycles. The summed E-state index contributed by atoms with van der Waals surface area (Å²) in [4.78, 5) is 37.4. The van der Waals surface area contributed by atoms with Crippen molar-refractivity contribution in [1.29, 1.82) is 0 Å². The molecular formula is C21H25N3O6S2. The van der Waals surface area contributed by atoms with Crippen LogP contribution in [0, 0.1) is 0 Å². The third-order valence-corrected chi connectivity index (χ3v) is 7.12. The second-order valence-corrected chi connectivity index (χ2v) is 10.1. The Morgan fingerprint density at radius 1 is 1.12 bits per heavy atom. The molecule has 0 atom stereocenters. The molecule has 172 valence electrons. The van der Waals surface area contributed by atoms with Crippen LogP contribution in [0.4, 0.5) is 5.00 Å². The Kier molecular flexibility index (Phi) is 7.64. The van der Waals surface area contributed by atoms with Gasteiger partial charge in [-0.1, -0.05) is 12.1 Å². The summed E-state index contributed by atoms with van der Waals surface area (Å²) >= 11 is 1.39. The van der Waals surface area contributed by atoms with Gasteiger partial charge in [-0.3, -0.25) is 9.59 Å². The molecule has 0 fully saturated rings. The average Bonchev–Trinajstić information content (AvgIpc) is 3.09. The molecule has 1 aromatic carbocycles. The Morgan fingerprint density at radius 2 is 1.81 bits per heavy atom. The molecule has 9 nitrogen and oxygen atoms in total. The van der Waals surface area contributed by atoms with Crippen LogP contribution in [0.2, 0.25) is 0 Å². The Morgan fingerprint density at radius 3 is 2.47 bits per heavy atom. The molecule has 1 heterocycles. The van der Waals surface area contributed by atoms with E-state index in [0.717, 1.165) is 41.7 Å². The molecular weight excluding hydrogens is 454 g/mol. The number of nitrogens with two attached hydrogens (primary N) is 1. The highest BCUT2D eigenvalue weighted by Crippen LogP contribution is 2.38. The van der Waals surface area contributed by atoms with Gasteiger partial charge in [0.25, 0.3) is 5.91 Å². The summed E-state index contributed by atoms with van der Waals surface area (Å²) in [5.74, 6) is -1.35. The van der Waals surface area contributed by atoms with Crippen molar-refractivity contribution >= 4 is 44.1 Å². The van der Waals surface area contributed by atoms with Crippen molar-refractivity contribution in [3.8, 4) is 0 Å². The van der Waals surface area contributed by atoms with Gasteiger partial charge in [-0.05, 0) is 55.4 Å². The fourth-order valence-electron chi connectivity index (χ4n) is 3.48. The van der Waals surface area contributed by atoms with Gasteiger partial charge in [-0.2, -0.15) is 0 Å². The lowest BCUT2D eigenvalue weighted by Gasteiger charge is -2.13. The first-order valence-electron chi connectivity index (χ1n) is 10.1. The summed E-state index contributed by atoms with van der Waals surface area (Å²) in [6.07, 6.45) is 4.07. The number of benzene rings is 1. The van der Waals surface area contributed by atoms with Crippen LogP contribution in [0.15, 0.2) is 29.2 Å². The minimum atomic E-state index is -3.74. The smallest absolute Gasteiger partial charge is 0.341 e. The monoisotopic (exact) mass is 479 g/mol. The number of primary sulfonamides is 1. The first-order valence-corrected chi connectivity index (χ1v) is 12.5. The largest absolute Gasteiger partial charge is 0.452 e. The molecule has 4 N–H and O–H groups in total. The Bertz CT molecular complexity index is 1120. The third-order valence-electron chi connectivity index (χ3n) is 4.99. The lowest BCUT2D eigenvalue weighted by molar-refractivity contribution is -0.124. The highest BCUT2D eigenvalue weighted by Gasteiger charge is 2.27. The predicted octanol–water partition coefficient (Wildman–Crippen LogP) is 1.75. The van der Waals surface area contributed by atoms with Crippen LogP contribution >= 0.6 is 11.3 Å². The Hall–Kier alpha value is -2.76. The number of hydrogen-bond acceptors (Lipinski definition) is 7. The Labute approximate surface area is 190 Å². The molecule has 0 spiro atoms. The first kappa shape index (κ1) is 23.9. The van der Waals surface area contributed by atoms with Crippen molar-refractivity contribution in [2.75, 3.05) is 18.5 Å². The number of thiophene rings is 1. The van der Waals surface area contributed by atoms with E-state index in [-0.39, 0.29) is 17.3 Å². The van der Waals surface area contributed by atoms with E-state index < -0.39 is 28.5 Å². The number of ether oxygens (including phenoxy) is 1. The topological polar surface area (TPSA) is 145 Å². The lowest BCUT2D eigenvalue weighted by Crippen LogP contribution is -2.30. The van der Waals surface area contributed by atoms with E-state index in [1.165, 1.54) is 30.4 Å². The number of esters is 1. The van der Waals surface area contributed by atoms with Gasteiger partial charge in [0.05, 0.1) is 10.5 Å². The summed E-state index contributed by atoms with van der Waals surface area (Å²) in [6.45, 7) is 1.23. The quantitative estimate of drug-likeness (QED) is 0.492. The summed E-state index contributed by atoms with van der Waals surface area (Å²) in [7, 11) is -3.74. The molecule has 1 aromatic heterocycles. The van der Waals surface area contributed by atoms with Crippen LogP contribution in [0.3, 0.4) is 0 Å². The zero-order valence-electron chi connectivity index (χ0n) is 17.6. The van der Waals surface area contributed by atoms with Crippen molar-refractivity contribution in [2.24, 2.45) is 5.14 Å². The van der Waals surface area contributed by atoms with E-state index in [0.29, 0.717) is 17.0 Å². The molecule has 0 unspecified atom stereocenters. The minimum Gasteiger partial charge on any atom is -0.452 e. The predicted molar refractivity (Wildman–Crippen MR) is 120 cm³/mol. The molecule has 2 amide bonds. The van der Waals surface area contributed by atoms with Gasteiger partial charge in [-0.15, -0.1) is 11.3 Å². The van der Waals surface area contributed by atoms with Crippen LogP contribution in [0.25, 0.3) is 0 Å². The summed E-state index contributed by atoms with van der Waals surface area (Å²) in [5, 5.41) is 10.9. The van der Waals surface area contributed by atoms with Crippen molar-refractivity contribution in [3.05, 3.63) is 45.8 Å². The van der Waals surface area contributed by atoms with Gasteiger partial charge in [0.15, 0.2) is 6.61 Å². The van der Waals surface area contributed by atoms with E-state index in [1.807, 2.05) is 0 Å². The minimum absolute atomic E-state index is 0.0199. The summed E-state index contributed by atoms with van der Waals surface area (Å²) in [5.41, 5.74) is 2.07. The highest BCUT2D eigenvalue weighted by atomic mass is 32.2. The molecule has 3 rings (SSSR count). The van der Waals surface area contributed by atoms with Gasteiger partial charge < -0.3 is 15.4 Å². The highest BCUT2D eigenvalue weighted by molar-refractivity contribution is 7.89. The van der Waals surface area contributed by atoms with Gasteiger partial charge in [0.2, 0.25) is 15.9 Å². The zero-order valence-corrected chi connectivity index (χ0v) is 19.2. The van der Waals surface area contributed by atoms with Gasteiger partial charge in [-0.25, -0.2) is 18.4 Å². The molecule has 1 aliphatic rings. The van der Waals surface area contributed by atoms with Crippen molar-refractivity contribution in [1.82, 2.24) is 5.32 Å². The van der Waals surface area contributed by atoms with Crippen LogP contribution in [0.5, 0.6) is 0 Å². The third kappa shape index (κ3) is 6.15. The van der Waals surface area contributed by atoms with Crippen LogP contribution < -0.4 is 15.8 Å². The number of carbonyl (C=O) groups excluding carboxylic acids is 3. The molecule has 0 bridgehead atoms. The maximum absolute atomic E-state index is 12.7. The number of aryl methyl sites for hydroxylation is 1. The molecule has 1 aliphatic carbocycles. The van der Waals surface area contributed by atoms with Crippen LogP contribution in [0.1, 0.15) is 46.1 Å². The SMILES string of the molecule is CC(=O)Nc1sc2c(c1C(=O)OCC(=O)NCCc1ccc(S(N)(=O)=O)cc1)CCCC2. The molecule has 11 heteroatoms. The van der Waals surface area contributed by atoms with Crippen molar-refractivity contribution in [2.45, 2.75) is 43.9 Å².